The number of nitrogens with one attached hydrogen (secondary N) is 1. The highest BCUT2D eigenvalue weighted by molar-refractivity contribution is 5.87. The van der Waals surface area contributed by atoms with Crippen LogP contribution in [0.15, 0.2) is 12.2 Å². The summed E-state index contributed by atoms with van der Waals surface area (Å²) in [6.45, 7) is 2.77. The Bertz CT molecular complexity index is 503. The lowest BCUT2D eigenvalue weighted by Gasteiger charge is -2.09. The summed E-state index contributed by atoms with van der Waals surface area (Å²) < 4.78 is 5.26. The monoisotopic (exact) mass is 463 g/mol. The zero-order chi connectivity index (χ0) is 23.8. The molecule has 0 aromatic rings. The molecular formula is C29H53NO3. The molecule has 4 nitrogen and oxygen atoms in total. The van der Waals surface area contributed by atoms with Crippen molar-refractivity contribution in [3.8, 4) is 0 Å². The molecule has 0 spiro atoms. The number of ether oxygens (including phenoxy) is 1. The standard InChI is InChI=1S/C29H53NO3/c1-2-3-4-5-6-7-8-9-10-11-12-13-14-15-16-17-18-19-20-21-22-23-26-33-29(32)27-24-25-28(31)30-27/h12-13,27H,2-11,14-26H2,1H3,(H,30,31)/b13-12+/t27-/m0/s1. The van der Waals surface area contributed by atoms with Crippen molar-refractivity contribution in [1.29, 1.82) is 0 Å². The van der Waals surface area contributed by atoms with E-state index in [9.17, 15) is 9.59 Å². The van der Waals surface area contributed by atoms with E-state index in [1.54, 1.807) is 0 Å². The average molecular weight is 464 g/mol. The summed E-state index contributed by atoms with van der Waals surface area (Å²) >= 11 is 0. The van der Waals surface area contributed by atoms with Gasteiger partial charge in [0.25, 0.3) is 0 Å². The lowest BCUT2D eigenvalue weighted by Crippen LogP contribution is -2.34. The molecule has 0 bridgehead atoms. The second-order valence-corrected chi connectivity index (χ2v) is 9.89. The third kappa shape index (κ3) is 18.8. The highest BCUT2D eigenvalue weighted by Gasteiger charge is 2.28. The minimum atomic E-state index is -0.410. The molecule has 1 N–H and O–H groups in total. The molecule has 0 unspecified atom stereocenters. The first-order valence-corrected chi connectivity index (χ1v) is 14.3. The Labute approximate surface area is 204 Å². The fraction of sp³-hybridized carbons (Fsp3) is 0.862. The quantitative estimate of drug-likeness (QED) is 0.0944. The molecule has 1 aliphatic heterocycles. The number of rotatable bonds is 23. The fourth-order valence-electron chi connectivity index (χ4n) is 4.47. The molecule has 4 heteroatoms. The van der Waals surface area contributed by atoms with Gasteiger partial charge in [0.05, 0.1) is 6.61 Å². The second-order valence-electron chi connectivity index (χ2n) is 9.89. The van der Waals surface area contributed by atoms with Gasteiger partial charge in [-0.2, -0.15) is 0 Å². The SMILES string of the molecule is CCCCCCCCCCC/C=C/CCCCCCCCCCCOC(=O)[C@@H]1CCC(=O)N1. The van der Waals surface area contributed by atoms with Crippen LogP contribution in [0, 0.1) is 0 Å². The molecule has 0 aromatic heterocycles. The Balaban J connectivity index is 1.71. The molecule has 0 aliphatic carbocycles. The van der Waals surface area contributed by atoms with Gasteiger partial charge >= 0.3 is 5.97 Å². The number of hydrogen-bond donors (Lipinski definition) is 1. The molecule has 1 heterocycles. The molecule has 1 atom stereocenters. The van der Waals surface area contributed by atoms with E-state index in [1.165, 1.54) is 116 Å². The zero-order valence-corrected chi connectivity index (χ0v) is 21.7. The maximum atomic E-state index is 11.8. The molecule has 1 saturated heterocycles. The number of allylic oxidation sites excluding steroid dienone is 2. The highest BCUT2D eigenvalue weighted by Crippen LogP contribution is 2.13. The summed E-state index contributed by atoms with van der Waals surface area (Å²) in [4.78, 5) is 22.9. The first-order valence-electron chi connectivity index (χ1n) is 14.3. The van der Waals surface area contributed by atoms with Crippen molar-refractivity contribution in [2.45, 2.75) is 154 Å². The van der Waals surface area contributed by atoms with E-state index in [4.69, 9.17) is 4.74 Å². The van der Waals surface area contributed by atoms with Gasteiger partial charge in [-0.15, -0.1) is 0 Å². The maximum absolute atomic E-state index is 11.8. The topological polar surface area (TPSA) is 55.4 Å². The maximum Gasteiger partial charge on any atom is 0.328 e. The van der Waals surface area contributed by atoms with E-state index in [-0.39, 0.29) is 11.9 Å². The van der Waals surface area contributed by atoms with E-state index in [0.717, 1.165) is 12.8 Å². The summed E-state index contributed by atoms with van der Waals surface area (Å²) in [5.41, 5.74) is 0. The Hall–Kier alpha value is -1.32. The molecule has 1 fully saturated rings. The van der Waals surface area contributed by atoms with Gasteiger partial charge < -0.3 is 10.1 Å². The van der Waals surface area contributed by atoms with Crippen LogP contribution in [0.1, 0.15) is 148 Å². The van der Waals surface area contributed by atoms with Crippen LogP contribution < -0.4 is 5.32 Å². The van der Waals surface area contributed by atoms with Gasteiger partial charge in [-0.25, -0.2) is 4.79 Å². The van der Waals surface area contributed by atoms with Crippen molar-refractivity contribution in [1.82, 2.24) is 5.32 Å². The van der Waals surface area contributed by atoms with E-state index >= 15 is 0 Å². The van der Waals surface area contributed by atoms with Gasteiger partial charge in [0.15, 0.2) is 0 Å². The summed E-state index contributed by atoms with van der Waals surface area (Å²) in [7, 11) is 0. The van der Waals surface area contributed by atoms with Crippen molar-refractivity contribution in [3.05, 3.63) is 12.2 Å². The van der Waals surface area contributed by atoms with Crippen LogP contribution in [-0.2, 0) is 14.3 Å². The third-order valence-electron chi connectivity index (χ3n) is 6.68. The molecule has 1 aliphatic rings. The fourth-order valence-corrected chi connectivity index (χ4v) is 4.47. The summed E-state index contributed by atoms with van der Waals surface area (Å²) in [6.07, 6.45) is 32.3. The lowest BCUT2D eigenvalue weighted by molar-refractivity contribution is -0.146. The lowest BCUT2D eigenvalue weighted by atomic mass is 10.1. The van der Waals surface area contributed by atoms with Crippen molar-refractivity contribution in [2.24, 2.45) is 0 Å². The normalized spacial score (nSPS) is 15.9. The van der Waals surface area contributed by atoms with Crippen molar-refractivity contribution < 1.29 is 14.3 Å². The van der Waals surface area contributed by atoms with Gasteiger partial charge in [0.1, 0.15) is 6.04 Å². The Morgan fingerprint density at radius 1 is 0.758 bits per heavy atom. The number of hydrogen-bond acceptors (Lipinski definition) is 3. The van der Waals surface area contributed by atoms with Crippen LogP contribution in [-0.4, -0.2) is 24.5 Å². The van der Waals surface area contributed by atoms with E-state index in [2.05, 4.69) is 24.4 Å². The van der Waals surface area contributed by atoms with Crippen LogP contribution in [0.2, 0.25) is 0 Å². The number of esters is 1. The molecule has 0 saturated carbocycles. The number of carbonyl (C=O) groups is 2. The second kappa shape index (κ2) is 22.5. The summed E-state index contributed by atoms with van der Waals surface area (Å²) in [6, 6.07) is -0.410. The predicted octanol–water partition coefficient (Wildman–Crippen LogP) is 8.19. The summed E-state index contributed by atoms with van der Waals surface area (Å²) in [5, 5.41) is 2.65. The van der Waals surface area contributed by atoms with Crippen LogP contribution in [0.3, 0.4) is 0 Å². The molecule has 1 amide bonds. The number of unbranched alkanes of at least 4 members (excludes halogenated alkanes) is 18. The van der Waals surface area contributed by atoms with Gasteiger partial charge in [0, 0.05) is 6.42 Å². The molecule has 1 rings (SSSR count). The minimum absolute atomic E-state index is 0.0437. The predicted molar refractivity (Wildman–Crippen MR) is 139 cm³/mol. The van der Waals surface area contributed by atoms with Gasteiger partial charge in [-0.1, -0.05) is 115 Å². The molecule has 192 valence electrons. The first-order chi connectivity index (χ1) is 16.2. The third-order valence-corrected chi connectivity index (χ3v) is 6.68. The molecule has 33 heavy (non-hydrogen) atoms. The minimum Gasteiger partial charge on any atom is -0.464 e. The van der Waals surface area contributed by atoms with Gasteiger partial charge in [0.2, 0.25) is 5.91 Å². The van der Waals surface area contributed by atoms with E-state index in [1.807, 2.05) is 0 Å². The van der Waals surface area contributed by atoms with Crippen LogP contribution in [0.25, 0.3) is 0 Å². The van der Waals surface area contributed by atoms with Crippen molar-refractivity contribution in [2.75, 3.05) is 6.61 Å². The molecular weight excluding hydrogens is 410 g/mol. The average Bonchev–Trinajstić information content (AvgIpc) is 3.26. The molecule has 0 aromatic carbocycles. The summed E-state index contributed by atoms with van der Waals surface area (Å²) in [5.74, 6) is -0.308. The van der Waals surface area contributed by atoms with Crippen molar-refractivity contribution in [3.63, 3.8) is 0 Å². The van der Waals surface area contributed by atoms with Crippen LogP contribution in [0.4, 0.5) is 0 Å². The Kier molecular flexibility index (Phi) is 20.2. The van der Waals surface area contributed by atoms with E-state index < -0.39 is 6.04 Å². The van der Waals surface area contributed by atoms with Crippen LogP contribution in [0.5, 0.6) is 0 Å². The Morgan fingerprint density at radius 3 is 1.67 bits per heavy atom. The van der Waals surface area contributed by atoms with E-state index in [0.29, 0.717) is 19.4 Å². The van der Waals surface area contributed by atoms with Crippen molar-refractivity contribution >= 4 is 11.9 Å². The number of amides is 1. The van der Waals surface area contributed by atoms with Gasteiger partial charge in [-0.3, -0.25) is 4.79 Å². The first kappa shape index (κ1) is 29.7. The van der Waals surface area contributed by atoms with Gasteiger partial charge in [-0.05, 0) is 38.5 Å². The zero-order valence-electron chi connectivity index (χ0n) is 21.7. The Morgan fingerprint density at radius 2 is 1.21 bits per heavy atom. The largest absolute Gasteiger partial charge is 0.464 e. The highest BCUT2D eigenvalue weighted by atomic mass is 16.5. The molecule has 0 radical (unpaired) electrons. The smallest absolute Gasteiger partial charge is 0.328 e. The van der Waals surface area contributed by atoms with Crippen LogP contribution >= 0.6 is 0 Å². The number of carbonyl (C=O) groups excluding carboxylic acids is 2.